The van der Waals surface area contributed by atoms with E-state index in [0.29, 0.717) is 18.6 Å². The van der Waals surface area contributed by atoms with Gasteiger partial charge in [-0.05, 0) is 46.5 Å². The molecule has 1 unspecified atom stereocenters. The van der Waals surface area contributed by atoms with E-state index in [2.05, 4.69) is 23.2 Å². The molecule has 0 spiro atoms. The summed E-state index contributed by atoms with van der Waals surface area (Å²) in [4.78, 5) is 6.17. The topological polar surface area (TPSA) is 41.6 Å². The van der Waals surface area contributed by atoms with Gasteiger partial charge < -0.3 is 10.6 Å². The van der Waals surface area contributed by atoms with Gasteiger partial charge in [-0.15, -0.1) is 0 Å². The molecule has 1 aliphatic carbocycles. The number of hydrogen-bond acceptors (Lipinski definition) is 3. The minimum atomic E-state index is 0.0610. The lowest BCUT2D eigenvalue weighted by molar-refractivity contribution is 0.361. The third-order valence-corrected chi connectivity index (χ3v) is 4.17. The molecule has 0 aromatic heterocycles. The van der Waals surface area contributed by atoms with Crippen molar-refractivity contribution in [2.24, 2.45) is 10.7 Å². The summed E-state index contributed by atoms with van der Waals surface area (Å²) in [5.74, 6) is 0.317. The fraction of sp³-hybridized carbons (Fsp3) is 0.526. The van der Waals surface area contributed by atoms with Gasteiger partial charge in [-0.2, -0.15) is 0 Å². The molecule has 0 aromatic carbocycles. The minimum Gasteiger partial charge on any atom is -0.402 e. The normalized spacial score (nSPS) is 18.7. The average molecular weight is 319 g/mol. The molecule has 23 heavy (non-hydrogen) atoms. The maximum atomic E-state index is 13.2. The molecule has 0 amide bonds. The number of nitrogens with zero attached hydrogens (tertiary/aromatic N) is 2. The highest BCUT2D eigenvalue weighted by atomic mass is 19.1. The summed E-state index contributed by atoms with van der Waals surface area (Å²) in [6.45, 7) is 5.77. The van der Waals surface area contributed by atoms with Gasteiger partial charge in [-0.1, -0.05) is 29.9 Å². The van der Waals surface area contributed by atoms with Gasteiger partial charge in [0.05, 0.1) is 0 Å². The number of hydrogen-bond donors (Lipinski definition) is 1. The lowest BCUT2D eigenvalue weighted by Gasteiger charge is -2.24. The van der Waals surface area contributed by atoms with Crippen LogP contribution in [0.3, 0.4) is 0 Å². The molecule has 1 aliphatic rings. The van der Waals surface area contributed by atoms with Crippen molar-refractivity contribution >= 4 is 5.71 Å². The molecule has 0 saturated heterocycles. The van der Waals surface area contributed by atoms with Crippen molar-refractivity contribution in [2.45, 2.75) is 58.9 Å². The Morgan fingerprint density at radius 3 is 2.61 bits per heavy atom. The molecule has 0 aliphatic heterocycles. The molecule has 1 fully saturated rings. The Kier molecular flexibility index (Phi) is 8.38. The zero-order chi connectivity index (χ0) is 17.2. The van der Waals surface area contributed by atoms with Crippen molar-refractivity contribution in [3.8, 4) is 0 Å². The van der Waals surface area contributed by atoms with E-state index in [1.807, 2.05) is 38.8 Å². The summed E-state index contributed by atoms with van der Waals surface area (Å²) in [6, 6.07) is 0.0610. The maximum Gasteiger partial charge on any atom is 0.157 e. The van der Waals surface area contributed by atoms with Gasteiger partial charge in [-0.3, -0.25) is 0 Å². The van der Waals surface area contributed by atoms with Crippen LogP contribution in [0.4, 0.5) is 4.39 Å². The first-order valence-corrected chi connectivity index (χ1v) is 8.32. The fourth-order valence-corrected chi connectivity index (χ4v) is 2.50. The van der Waals surface area contributed by atoms with E-state index in [9.17, 15) is 4.39 Å². The van der Waals surface area contributed by atoms with Gasteiger partial charge in [-0.25, -0.2) is 9.38 Å². The van der Waals surface area contributed by atoms with Crippen LogP contribution in [-0.2, 0) is 0 Å². The highest BCUT2D eigenvalue weighted by Gasteiger charge is 2.10. The molecular weight excluding hydrogens is 289 g/mol. The van der Waals surface area contributed by atoms with Crippen molar-refractivity contribution in [3.05, 3.63) is 47.7 Å². The molecular formula is C19H30FN3. The van der Waals surface area contributed by atoms with Crippen LogP contribution < -0.4 is 5.73 Å². The Hall–Kier alpha value is -1.84. The van der Waals surface area contributed by atoms with Crippen LogP contribution in [0.15, 0.2) is 52.7 Å². The van der Waals surface area contributed by atoms with Crippen molar-refractivity contribution in [1.82, 2.24) is 4.90 Å². The SMILES string of the molecule is C/C=C(/N)C/C(C)=N\C(=C\F)N(C)C(C)/C=C\C=C1CCCC1. The van der Waals surface area contributed by atoms with Crippen LogP contribution in [0.5, 0.6) is 0 Å². The lowest BCUT2D eigenvalue weighted by Crippen LogP contribution is -2.26. The standard InChI is InChI=1S/C19H30FN3/c1-5-18(21)13-15(2)22-19(14-20)23(4)16(3)9-8-12-17-10-6-7-11-17/h5,8-9,12,14,16H,6-7,10-11,13,21H2,1-4H3/b9-8-,18-5+,19-14-,22-15-. The summed E-state index contributed by atoms with van der Waals surface area (Å²) >= 11 is 0. The van der Waals surface area contributed by atoms with E-state index in [4.69, 9.17) is 5.73 Å². The number of rotatable bonds is 7. The van der Waals surface area contributed by atoms with Gasteiger partial charge in [0.2, 0.25) is 0 Å². The Bertz CT molecular complexity index is 519. The summed E-state index contributed by atoms with van der Waals surface area (Å²) < 4.78 is 13.2. The molecule has 128 valence electrons. The van der Waals surface area contributed by atoms with Gasteiger partial charge in [0.15, 0.2) is 5.82 Å². The highest BCUT2D eigenvalue weighted by molar-refractivity contribution is 5.84. The first-order chi connectivity index (χ1) is 11.0. The molecule has 4 heteroatoms. The van der Waals surface area contributed by atoms with E-state index in [-0.39, 0.29) is 6.04 Å². The van der Waals surface area contributed by atoms with E-state index < -0.39 is 0 Å². The van der Waals surface area contributed by atoms with Crippen molar-refractivity contribution in [2.75, 3.05) is 7.05 Å². The van der Waals surface area contributed by atoms with E-state index in [1.54, 1.807) is 0 Å². The van der Waals surface area contributed by atoms with Gasteiger partial charge in [0, 0.05) is 30.9 Å². The predicted molar refractivity (Wildman–Crippen MR) is 97.8 cm³/mol. The second kappa shape index (κ2) is 10.0. The lowest BCUT2D eigenvalue weighted by atomic mass is 10.2. The van der Waals surface area contributed by atoms with Crippen LogP contribution in [-0.4, -0.2) is 23.7 Å². The van der Waals surface area contributed by atoms with Crippen LogP contribution in [0.2, 0.25) is 0 Å². The van der Waals surface area contributed by atoms with E-state index in [1.165, 1.54) is 31.3 Å². The quantitative estimate of drug-likeness (QED) is 0.682. The molecule has 1 rings (SSSR count). The second-order valence-corrected chi connectivity index (χ2v) is 6.12. The molecule has 1 saturated carbocycles. The predicted octanol–water partition coefficient (Wildman–Crippen LogP) is 4.85. The molecule has 3 nitrogen and oxygen atoms in total. The molecule has 0 heterocycles. The first-order valence-electron chi connectivity index (χ1n) is 8.32. The Balaban J connectivity index is 2.67. The van der Waals surface area contributed by atoms with E-state index in [0.717, 1.165) is 11.4 Å². The zero-order valence-corrected chi connectivity index (χ0v) is 14.8. The molecule has 0 aromatic rings. The fourth-order valence-electron chi connectivity index (χ4n) is 2.50. The van der Waals surface area contributed by atoms with Crippen molar-refractivity contribution in [1.29, 1.82) is 0 Å². The molecule has 0 bridgehead atoms. The summed E-state index contributed by atoms with van der Waals surface area (Å²) in [6.07, 6.45) is 14.3. The zero-order valence-electron chi connectivity index (χ0n) is 14.8. The number of aliphatic imine (C=N–C) groups is 1. The largest absolute Gasteiger partial charge is 0.402 e. The van der Waals surface area contributed by atoms with Crippen LogP contribution in [0.25, 0.3) is 0 Å². The average Bonchev–Trinajstić information content (AvgIpc) is 3.04. The third kappa shape index (κ3) is 6.85. The van der Waals surface area contributed by atoms with Gasteiger partial charge in [0.25, 0.3) is 0 Å². The third-order valence-electron chi connectivity index (χ3n) is 4.17. The number of halogens is 1. The Labute approximate surface area is 140 Å². The van der Waals surface area contributed by atoms with Gasteiger partial charge in [0.1, 0.15) is 6.33 Å². The van der Waals surface area contributed by atoms with E-state index >= 15 is 0 Å². The molecule has 2 N–H and O–H groups in total. The highest BCUT2D eigenvalue weighted by Crippen LogP contribution is 2.23. The second-order valence-electron chi connectivity index (χ2n) is 6.12. The van der Waals surface area contributed by atoms with Crippen LogP contribution >= 0.6 is 0 Å². The number of likely N-dealkylation sites (N-methyl/N-ethyl adjacent to an activating group) is 1. The van der Waals surface area contributed by atoms with Crippen molar-refractivity contribution < 1.29 is 4.39 Å². The summed E-state index contributed by atoms with van der Waals surface area (Å²) in [5.41, 5.74) is 8.83. The summed E-state index contributed by atoms with van der Waals surface area (Å²) in [7, 11) is 1.85. The molecule has 0 radical (unpaired) electrons. The molecule has 1 atom stereocenters. The Morgan fingerprint density at radius 1 is 1.39 bits per heavy atom. The van der Waals surface area contributed by atoms with Crippen molar-refractivity contribution in [3.63, 3.8) is 0 Å². The van der Waals surface area contributed by atoms with Crippen LogP contribution in [0, 0.1) is 0 Å². The minimum absolute atomic E-state index is 0.0610. The van der Waals surface area contributed by atoms with Crippen LogP contribution in [0.1, 0.15) is 52.9 Å². The monoisotopic (exact) mass is 319 g/mol. The first kappa shape index (κ1) is 19.2. The smallest absolute Gasteiger partial charge is 0.157 e. The number of nitrogens with two attached hydrogens (primary N) is 1. The number of allylic oxidation sites excluding steroid dienone is 5. The Morgan fingerprint density at radius 2 is 2.04 bits per heavy atom. The van der Waals surface area contributed by atoms with Gasteiger partial charge >= 0.3 is 0 Å². The summed E-state index contributed by atoms with van der Waals surface area (Å²) in [5, 5.41) is 0. The maximum absolute atomic E-state index is 13.2.